The van der Waals surface area contributed by atoms with E-state index in [2.05, 4.69) is 10.2 Å². The van der Waals surface area contributed by atoms with E-state index in [9.17, 15) is 4.79 Å². The van der Waals surface area contributed by atoms with Gasteiger partial charge in [0.25, 0.3) is 0 Å². The summed E-state index contributed by atoms with van der Waals surface area (Å²) in [5, 5.41) is 3.08. The van der Waals surface area contributed by atoms with Crippen LogP contribution in [-0.2, 0) is 16.1 Å². The molecule has 5 heteroatoms. The highest BCUT2D eigenvalue weighted by atomic mass is 16.5. The Morgan fingerprint density at radius 1 is 1.36 bits per heavy atom. The van der Waals surface area contributed by atoms with Crippen molar-refractivity contribution in [2.24, 2.45) is 17.8 Å². The zero-order valence-electron chi connectivity index (χ0n) is 12.9. The first-order chi connectivity index (χ1) is 10.8. The molecule has 2 aliphatic heterocycles. The smallest absolute Gasteiger partial charge is 0.223 e. The van der Waals surface area contributed by atoms with Crippen LogP contribution in [0.5, 0.6) is 0 Å². The van der Waals surface area contributed by atoms with Crippen LogP contribution in [0.3, 0.4) is 0 Å². The first-order valence-corrected chi connectivity index (χ1v) is 8.43. The summed E-state index contributed by atoms with van der Waals surface area (Å²) < 4.78 is 11.4. The van der Waals surface area contributed by atoms with Crippen molar-refractivity contribution < 1.29 is 13.9 Å². The molecule has 5 nitrogen and oxygen atoms in total. The van der Waals surface area contributed by atoms with Crippen molar-refractivity contribution >= 4 is 5.91 Å². The van der Waals surface area contributed by atoms with Crippen LogP contribution in [0.2, 0.25) is 0 Å². The number of ether oxygens (including phenoxy) is 1. The van der Waals surface area contributed by atoms with Gasteiger partial charge in [0.05, 0.1) is 25.5 Å². The van der Waals surface area contributed by atoms with Gasteiger partial charge in [-0.15, -0.1) is 0 Å². The molecular formula is C17H24N2O3. The van der Waals surface area contributed by atoms with Crippen molar-refractivity contribution in [3.63, 3.8) is 0 Å². The summed E-state index contributed by atoms with van der Waals surface area (Å²) in [5.41, 5.74) is 0. The summed E-state index contributed by atoms with van der Waals surface area (Å²) in [6.45, 7) is 4.54. The van der Waals surface area contributed by atoms with Gasteiger partial charge in [0, 0.05) is 24.9 Å². The van der Waals surface area contributed by atoms with Gasteiger partial charge in [-0.05, 0) is 43.9 Å². The fraction of sp³-hybridized carbons (Fsp3) is 0.706. The lowest BCUT2D eigenvalue weighted by Gasteiger charge is -2.35. The quantitative estimate of drug-likeness (QED) is 0.898. The molecule has 3 heterocycles. The summed E-state index contributed by atoms with van der Waals surface area (Å²) in [6, 6.07) is 3.97. The Kier molecular flexibility index (Phi) is 3.92. The molecule has 1 N–H and O–H groups in total. The van der Waals surface area contributed by atoms with Crippen LogP contribution in [0.1, 0.15) is 25.0 Å². The number of nitrogens with one attached hydrogen (secondary N) is 1. The molecule has 0 unspecified atom stereocenters. The Hall–Kier alpha value is -1.33. The Bertz CT molecular complexity index is 512. The number of carbonyl (C=O) groups is 1. The molecule has 0 radical (unpaired) electrons. The molecule has 1 saturated carbocycles. The lowest BCUT2D eigenvalue weighted by Crippen LogP contribution is -2.45. The van der Waals surface area contributed by atoms with Crippen molar-refractivity contribution in [3.05, 3.63) is 24.2 Å². The Morgan fingerprint density at radius 3 is 3.05 bits per heavy atom. The summed E-state index contributed by atoms with van der Waals surface area (Å²) in [4.78, 5) is 14.3. The number of fused-ring (bicyclic) bond motifs is 1. The van der Waals surface area contributed by atoms with E-state index in [4.69, 9.17) is 9.15 Å². The van der Waals surface area contributed by atoms with E-state index in [0.717, 1.165) is 44.8 Å². The van der Waals surface area contributed by atoms with E-state index in [1.54, 1.807) is 6.26 Å². The summed E-state index contributed by atoms with van der Waals surface area (Å²) in [7, 11) is 0. The van der Waals surface area contributed by atoms with Crippen molar-refractivity contribution in [2.45, 2.75) is 31.9 Å². The number of furan rings is 1. The number of hydrogen-bond acceptors (Lipinski definition) is 4. The van der Waals surface area contributed by atoms with Gasteiger partial charge in [-0.25, -0.2) is 0 Å². The second kappa shape index (κ2) is 6.05. The molecule has 4 rings (SSSR count). The largest absolute Gasteiger partial charge is 0.468 e. The van der Waals surface area contributed by atoms with Gasteiger partial charge >= 0.3 is 0 Å². The fourth-order valence-corrected chi connectivity index (χ4v) is 3.77. The van der Waals surface area contributed by atoms with E-state index < -0.39 is 0 Å². The Morgan fingerprint density at radius 2 is 2.27 bits per heavy atom. The third-order valence-electron chi connectivity index (χ3n) is 5.28. The molecule has 1 aromatic rings. The van der Waals surface area contributed by atoms with Crippen molar-refractivity contribution in [3.8, 4) is 0 Å². The first-order valence-electron chi connectivity index (χ1n) is 8.43. The minimum Gasteiger partial charge on any atom is -0.468 e. The van der Waals surface area contributed by atoms with Gasteiger partial charge in [0.1, 0.15) is 5.76 Å². The van der Waals surface area contributed by atoms with Crippen molar-refractivity contribution in [1.82, 2.24) is 10.2 Å². The number of piperidine rings is 1. The number of hydrogen-bond donors (Lipinski definition) is 1. The highest BCUT2D eigenvalue weighted by Crippen LogP contribution is 2.35. The lowest BCUT2D eigenvalue weighted by atomic mass is 9.84. The highest BCUT2D eigenvalue weighted by molar-refractivity contribution is 5.80. The maximum absolute atomic E-state index is 11.8. The monoisotopic (exact) mass is 304 g/mol. The molecule has 1 amide bonds. The molecular weight excluding hydrogens is 280 g/mol. The second-order valence-corrected chi connectivity index (χ2v) is 6.92. The van der Waals surface area contributed by atoms with Gasteiger partial charge in [-0.2, -0.15) is 0 Å². The van der Waals surface area contributed by atoms with Gasteiger partial charge in [-0.1, -0.05) is 0 Å². The first kappa shape index (κ1) is 14.3. The zero-order valence-corrected chi connectivity index (χ0v) is 12.9. The third kappa shape index (κ3) is 3.06. The molecule has 0 aromatic carbocycles. The maximum atomic E-state index is 11.8. The number of rotatable bonds is 5. The van der Waals surface area contributed by atoms with Crippen LogP contribution in [-0.4, -0.2) is 43.2 Å². The molecule has 0 bridgehead atoms. The molecule has 2 saturated heterocycles. The number of nitrogens with zero attached hydrogens (tertiary/aromatic N) is 1. The van der Waals surface area contributed by atoms with Crippen LogP contribution < -0.4 is 5.32 Å². The van der Waals surface area contributed by atoms with E-state index in [1.807, 2.05) is 12.1 Å². The fourth-order valence-electron chi connectivity index (χ4n) is 3.77. The Balaban J connectivity index is 1.31. The third-order valence-corrected chi connectivity index (χ3v) is 5.28. The van der Waals surface area contributed by atoms with Gasteiger partial charge < -0.3 is 14.5 Å². The van der Waals surface area contributed by atoms with Crippen LogP contribution in [0, 0.1) is 17.8 Å². The second-order valence-electron chi connectivity index (χ2n) is 6.92. The van der Waals surface area contributed by atoms with Gasteiger partial charge in [0.2, 0.25) is 5.91 Å². The summed E-state index contributed by atoms with van der Waals surface area (Å²) >= 11 is 0. The highest BCUT2D eigenvalue weighted by Gasteiger charge is 2.41. The number of carbonyl (C=O) groups excluding carboxylic acids is 1. The predicted octanol–water partition coefficient (Wildman–Crippen LogP) is 1.64. The standard InChI is InChI=1S/C17H24N2O3/c20-17(12-3-4-12)18-8-16-15-10-19(6-5-13(15)11-22-16)9-14-2-1-7-21-14/h1-2,7,12-13,15-16H,3-6,8-11H2,(H,18,20)/t13-,15-,16+/m0/s1. The van der Waals surface area contributed by atoms with Gasteiger partial charge in [-0.3, -0.25) is 9.69 Å². The molecule has 0 spiro atoms. The molecule has 1 aromatic heterocycles. The van der Waals surface area contributed by atoms with Crippen LogP contribution in [0.25, 0.3) is 0 Å². The van der Waals surface area contributed by atoms with E-state index in [-0.39, 0.29) is 17.9 Å². The molecule has 1 aliphatic carbocycles. The van der Waals surface area contributed by atoms with Crippen molar-refractivity contribution in [2.75, 3.05) is 26.2 Å². The molecule has 3 aliphatic rings. The van der Waals surface area contributed by atoms with Crippen LogP contribution in [0.15, 0.2) is 22.8 Å². The molecule has 22 heavy (non-hydrogen) atoms. The maximum Gasteiger partial charge on any atom is 0.223 e. The average Bonchev–Trinajstić information content (AvgIpc) is 3.12. The minimum atomic E-state index is 0.173. The minimum absolute atomic E-state index is 0.173. The Labute approximate surface area is 131 Å². The van der Waals surface area contributed by atoms with Gasteiger partial charge in [0.15, 0.2) is 0 Å². The topological polar surface area (TPSA) is 54.7 Å². The van der Waals surface area contributed by atoms with E-state index >= 15 is 0 Å². The summed E-state index contributed by atoms with van der Waals surface area (Å²) in [5.74, 6) is 2.70. The van der Waals surface area contributed by atoms with E-state index in [0.29, 0.717) is 18.4 Å². The van der Waals surface area contributed by atoms with Crippen molar-refractivity contribution in [1.29, 1.82) is 0 Å². The average molecular weight is 304 g/mol. The number of amides is 1. The molecule has 120 valence electrons. The normalized spacial score (nSPS) is 31.9. The zero-order chi connectivity index (χ0) is 14.9. The molecule has 3 fully saturated rings. The molecule has 3 atom stereocenters. The van der Waals surface area contributed by atoms with Crippen LogP contribution >= 0.6 is 0 Å². The predicted molar refractivity (Wildman–Crippen MR) is 81.1 cm³/mol. The lowest BCUT2D eigenvalue weighted by molar-refractivity contribution is -0.122. The number of likely N-dealkylation sites (tertiary alicyclic amines) is 1. The van der Waals surface area contributed by atoms with E-state index in [1.165, 1.54) is 6.42 Å². The SMILES string of the molecule is O=C(NC[C@H]1OC[C@@H]2CCN(Cc3ccco3)C[C@@H]21)C1CC1. The summed E-state index contributed by atoms with van der Waals surface area (Å²) in [6.07, 6.45) is 5.20. The van der Waals surface area contributed by atoms with Crippen LogP contribution in [0.4, 0.5) is 0 Å².